The standard InChI is InChI=1S/C9H9NO5/c1-5-2-6(9(14)15)3-7(11)10(5)4-8(12)13/h2-3H,4H2,1H3,(H,12,13)(H,14,15). The van der Waals surface area contributed by atoms with E-state index < -0.39 is 24.0 Å². The van der Waals surface area contributed by atoms with E-state index in [1.165, 1.54) is 13.0 Å². The third-order valence-electron chi connectivity index (χ3n) is 1.88. The van der Waals surface area contributed by atoms with Gasteiger partial charge in [-0.15, -0.1) is 0 Å². The molecule has 0 saturated carbocycles. The number of rotatable bonds is 3. The lowest BCUT2D eigenvalue weighted by atomic mass is 10.2. The minimum Gasteiger partial charge on any atom is -0.480 e. The summed E-state index contributed by atoms with van der Waals surface area (Å²) in [6.45, 7) is 1.02. The van der Waals surface area contributed by atoms with Crippen molar-refractivity contribution >= 4 is 11.9 Å². The lowest BCUT2D eigenvalue weighted by Crippen LogP contribution is -2.26. The Hall–Kier alpha value is -2.11. The summed E-state index contributed by atoms with van der Waals surface area (Å²) in [4.78, 5) is 32.3. The molecule has 0 aliphatic carbocycles. The van der Waals surface area contributed by atoms with E-state index in [0.29, 0.717) is 5.69 Å². The maximum Gasteiger partial charge on any atom is 0.335 e. The molecule has 0 aliphatic rings. The fraction of sp³-hybridized carbons (Fsp3) is 0.222. The number of aliphatic carboxylic acids is 1. The Morgan fingerprint density at radius 3 is 2.33 bits per heavy atom. The molecule has 0 aromatic carbocycles. The summed E-state index contributed by atoms with van der Waals surface area (Å²) in [5.74, 6) is -2.36. The van der Waals surface area contributed by atoms with Gasteiger partial charge in [0, 0.05) is 11.8 Å². The molecule has 15 heavy (non-hydrogen) atoms. The Balaban J connectivity index is 3.27. The van der Waals surface area contributed by atoms with Crippen LogP contribution in [0.3, 0.4) is 0 Å². The van der Waals surface area contributed by atoms with E-state index in [1.807, 2.05) is 0 Å². The minimum atomic E-state index is -1.21. The van der Waals surface area contributed by atoms with Gasteiger partial charge >= 0.3 is 11.9 Å². The molecule has 0 spiro atoms. The first-order valence-corrected chi connectivity index (χ1v) is 4.08. The molecular formula is C9H9NO5. The third-order valence-corrected chi connectivity index (χ3v) is 1.88. The number of carboxylic acid groups (broad SMARTS) is 2. The van der Waals surface area contributed by atoms with Crippen LogP contribution in [-0.2, 0) is 11.3 Å². The van der Waals surface area contributed by atoms with Gasteiger partial charge in [-0.25, -0.2) is 4.79 Å². The molecule has 0 amide bonds. The molecule has 6 heteroatoms. The van der Waals surface area contributed by atoms with Crippen LogP contribution >= 0.6 is 0 Å². The topological polar surface area (TPSA) is 96.6 Å². The Labute approximate surface area is 84.4 Å². The van der Waals surface area contributed by atoms with Gasteiger partial charge in [0.1, 0.15) is 6.54 Å². The SMILES string of the molecule is Cc1cc(C(=O)O)cc(=O)n1CC(=O)O. The van der Waals surface area contributed by atoms with Gasteiger partial charge in [-0.1, -0.05) is 0 Å². The van der Waals surface area contributed by atoms with E-state index >= 15 is 0 Å². The monoisotopic (exact) mass is 211 g/mol. The van der Waals surface area contributed by atoms with Crippen LogP contribution < -0.4 is 5.56 Å². The highest BCUT2D eigenvalue weighted by Crippen LogP contribution is 2.01. The first kappa shape index (κ1) is 11.0. The van der Waals surface area contributed by atoms with Gasteiger partial charge in [0.25, 0.3) is 5.56 Å². The van der Waals surface area contributed by atoms with Gasteiger partial charge in [-0.2, -0.15) is 0 Å². The van der Waals surface area contributed by atoms with Crippen molar-refractivity contribution in [3.63, 3.8) is 0 Å². The maximum atomic E-state index is 11.3. The van der Waals surface area contributed by atoms with Crippen molar-refractivity contribution in [1.29, 1.82) is 0 Å². The number of aromatic nitrogens is 1. The number of hydrogen-bond donors (Lipinski definition) is 2. The second-order valence-electron chi connectivity index (χ2n) is 3.01. The summed E-state index contributed by atoms with van der Waals surface area (Å²) >= 11 is 0. The van der Waals surface area contributed by atoms with Gasteiger partial charge in [0.05, 0.1) is 5.56 Å². The molecule has 0 aliphatic heterocycles. The molecule has 2 N–H and O–H groups in total. The Morgan fingerprint density at radius 1 is 1.33 bits per heavy atom. The van der Waals surface area contributed by atoms with E-state index in [9.17, 15) is 14.4 Å². The summed E-state index contributed by atoms with van der Waals surface area (Å²) in [7, 11) is 0. The van der Waals surface area contributed by atoms with Crippen LogP contribution in [-0.4, -0.2) is 26.7 Å². The number of aryl methyl sites for hydroxylation is 1. The molecule has 1 heterocycles. The van der Waals surface area contributed by atoms with Gasteiger partial charge in [0.15, 0.2) is 0 Å². The Morgan fingerprint density at radius 2 is 1.93 bits per heavy atom. The molecular weight excluding hydrogens is 202 g/mol. The average molecular weight is 211 g/mol. The van der Waals surface area contributed by atoms with E-state index in [1.54, 1.807) is 0 Å². The van der Waals surface area contributed by atoms with Crippen molar-refractivity contribution in [3.8, 4) is 0 Å². The summed E-state index contributed by atoms with van der Waals surface area (Å²) in [6.07, 6.45) is 0. The summed E-state index contributed by atoms with van der Waals surface area (Å²) in [5, 5.41) is 17.2. The van der Waals surface area contributed by atoms with Crippen molar-refractivity contribution in [2.24, 2.45) is 0 Å². The quantitative estimate of drug-likeness (QED) is 0.730. The van der Waals surface area contributed by atoms with E-state index in [2.05, 4.69) is 0 Å². The molecule has 1 aromatic rings. The highest BCUT2D eigenvalue weighted by atomic mass is 16.4. The molecule has 0 saturated heterocycles. The van der Waals surface area contributed by atoms with Crippen molar-refractivity contribution in [1.82, 2.24) is 4.57 Å². The van der Waals surface area contributed by atoms with Gasteiger partial charge in [-0.05, 0) is 13.0 Å². The number of nitrogens with zero attached hydrogens (tertiary/aromatic N) is 1. The molecule has 0 radical (unpaired) electrons. The van der Waals surface area contributed by atoms with Crippen LogP contribution in [0.25, 0.3) is 0 Å². The molecule has 6 nitrogen and oxygen atoms in total. The number of pyridine rings is 1. The zero-order valence-corrected chi connectivity index (χ0v) is 7.93. The van der Waals surface area contributed by atoms with E-state index in [4.69, 9.17) is 10.2 Å². The van der Waals surface area contributed by atoms with Crippen molar-refractivity contribution in [3.05, 3.63) is 33.7 Å². The number of carboxylic acids is 2. The second-order valence-corrected chi connectivity index (χ2v) is 3.01. The van der Waals surface area contributed by atoms with Crippen molar-refractivity contribution in [2.75, 3.05) is 0 Å². The molecule has 1 rings (SSSR count). The number of aromatic carboxylic acids is 1. The lowest BCUT2D eigenvalue weighted by Gasteiger charge is -2.07. The fourth-order valence-corrected chi connectivity index (χ4v) is 1.19. The average Bonchev–Trinajstić information content (AvgIpc) is 2.10. The van der Waals surface area contributed by atoms with Gasteiger partial charge < -0.3 is 14.8 Å². The molecule has 0 atom stereocenters. The molecule has 80 valence electrons. The van der Waals surface area contributed by atoms with Gasteiger partial charge in [-0.3, -0.25) is 9.59 Å². The van der Waals surface area contributed by atoms with Crippen LogP contribution in [0.1, 0.15) is 16.1 Å². The fourth-order valence-electron chi connectivity index (χ4n) is 1.19. The Kier molecular flexibility index (Phi) is 2.89. The zero-order valence-electron chi connectivity index (χ0n) is 7.93. The molecule has 0 bridgehead atoms. The van der Waals surface area contributed by atoms with E-state index in [0.717, 1.165) is 10.6 Å². The van der Waals surface area contributed by atoms with Crippen molar-refractivity contribution < 1.29 is 19.8 Å². The highest BCUT2D eigenvalue weighted by Gasteiger charge is 2.10. The minimum absolute atomic E-state index is 0.140. The third kappa shape index (κ3) is 2.43. The zero-order chi connectivity index (χ0) is 11.6. The van der Waals surface area contributed by atoms with Crippen LogP contribution in [0.4, 0.5) is 0 Å². The predicted octanol–water partition coefficient (Wildman–Crippen LogP) is -0.0605. The predicted molar refractivity (Wildman–Crippen MR) is 50.0 cm³/mol. The molecule has 0 unspecified atom stereocenters. The number of hydrogen-bond acceptors (Lipinski definition) is 3. The van der Waals surface area contributed by atoms with Crippen molar-refractivity contribution in [2.45, 2.75) is 13.5 Å². The Bertz CT molecular complexity index is 474. The number of carbonyl (C=O) groups is 2. The second kappa shape index (κ2) is 3.95. The van der Waals surface area contributed by atoms with Crippen LogP contribution in [0, 0.1) is 6.92 Å². The summed E-state index contributed by atoms with van der Waals surface area (Å²) in [6, 6.07) is 2.16. The normalized spacial score (nSPS) is 9.93. The van der Waals surface area contributed by atoms with Gasteiger partial charge in [0.2, 0.25) is 0 Å². The summed E-state index contributed by atoms with van der Waals surface area (Å²) in [5.41, 5.74) is -0.462. The van der Waals surface area contributed by atoms with Crippen LogP contribution in [0.5, 0.6) is 0 Å². The highest BCUT2D eigenvalue weighted by molar-refractivity contribution is 5.87. The largest absolute Gasteiger partial charge is 0.480 e. The summed E-state index contributed by atoms with van der Waals surface area (Å²) < 4.78 is 0.995. The molecule has 0 fully saturated rings. The molecule has 1 aromatic heterocycles. The lowest BCUT2D eigenvalue weighted by molar-refractivity contribution is -0.137. The smallest absolute Gasteiger partial charge is 0.335 e. The first-order chi connectivity index (χ1) is 6.91. The first-order valence-electron chi connectivity index (χ1n) is 4.08. The maximum absolute atomic E-state index is 11.3. The van der Waals surface area contributed by atoms with Crippen LogP contribution in [0.15, 0.2) is 16.9 Å². The van der Waals surface area contributed by atoms with Crippen LogP contribution in [0.2, 0.25) is 0 Å². The van der Waals surface area contributed by atoms with E-state index in [-0.39, 0.29) is 5.56 Å².